The number of imidazole rings is 1. The van der Waals surface area contributed by atoms with Crippen molar-refractivity contribution in [3.63, 3.8) is 0 Å². The maximum Gasteiger partial charge on any atom is 0.416 e. The molecule has 0 spiro atoms. The monoisotopic (exact) mass is 481 g/mol. The Kier molecular flexibility index (Phi) is 6.79. The van der Waals surface area contributed by atoms with Crippen LogP contribution in [-0.2, 0) is 11.0 Å². The summed E-state index contributed by atoms with van der Waals surface area (Å²) >= 11 is 1.16. The zero-order valence-corrected chi connectivity index (χ0v) is 19.4. The van der Waals surface area contributed by atoms with Crippen LogP contribution in [0.15, 0.2) is 84.1 Å². The van der Waals surface area contributed by atoms with E-state index in [9.17, 15) is 18.0 Å². The Bertz CT molecular complexity index is 1300. The van der Waals surface area contributed by atoms with E-state index in [1.54, 1.807) is 16.8 Å². The van der Waals surface area contributed by atoms with Gasteiger partial charge in [-0.15, -0.1) is 0 Å². The van der Waals surface area contributed by atoms with Crippen LogP contribution in [0.5, 0.6) is 0 Å². The molecule has 34 heavy (non-hydrogen) atoms. The minimum Gasteiger partial charge on any atom is -0.325 e. The highest BCUT2D eigenvalue weighted by molar-refractivity contribution is 7.99. The van der Waals surface area contributed by atoms with Gasteiger partial charge in [0, 0.05) is 16.9 Å². The Morgan fingerprint density at radius 1 is 0.971 bits per heavy atom. The minimum absolute atomic E-state index is 0.0528. The maximum atomic E-state index is 13.4. The van der Waals surface area contributed by atoms with Crippen LogP contribution < -0.4 is 5.32 Å². The number of hydrogen-bond donors (Lipinski definition) is 1. The molecule has 1 N–H and O–H groups in total. The van der Waals surface area contributed by atoms with Crippen LogP contribution in [0.2, 0.25) is 0 Å². The second-order valence-corrected chi connectivity index (χ2v) is 8.82. The third-order valence-electron chi connectivity index (χ3n) is 5.18. The Balaban J connectivity index is 1.65. The number of rotatable bonds is 6. The Morgan fingerprint density at radius 2 is 1.62 bits per heavy atom. The van der Waals surface area contributed by atoms with Gasteiger partial charge in [0.25, 0.3) is 0 Å². The van der Waals surface area contributed by atoms with E-state index in [2.05, 4.69) is 10.3 Å². The van der Waals surface area contributed by atoms with Gasteiger partial charge in [0.05, 0.1) is 23.2 Å². The van der Waals surface area contributed by atoms with E-state index in [0.717, 1.165) is 40.6 Å². The molecule has 0 unspecified atom stereocenters. The summed E-state index contributed by atoms with van der Waals surface area (Å²) in [5.41, 5.74) is 3.85. The molecular formula is C26H22F3N3OS. The quantitative estimate of drug-likeness (QED) is 0.305. The first-order valence-corrected chi connectivity index (χ1v) is 11.5. The van der Waals surface area contributed by atoms with Crippen molar-refractivity contribution < 1.29 is 18.0 Å². The molecule has 174 valence electrons. The minimum atomic E-state index is -4.47. The summed E-state index contributed by atoms with van der Waals surface area (Å²) in [6, 6.07) is 20.2. The van der Waals surface area contributed by atoms with Crippen LogP contribution in [0.1, 0.15) is 16.7 Å². The normalized spacial score (nSPS) is 11.4. The molecule has 1 aromatic heterocycles. The van der Waals surface area contributed by atoms with Crippen molar-refractivity contribution in [3.05, 3.63) is 95.7 Å². The molecule has 3 aromatic carbocycles. The average molecular weight is 482 g/mol. The highest BCUT2D eigenvalue weighted by Gasteiger charge is 2.31. The third-order valence-corrected chi connectivity index (χ3v) is 6.13. The molecule has 0 fully saturated rings. The fourth-order valence-electron chi connectivity index (χ4n) is 3.40. The van der Waals surface area contributed by atoms with Crippen molar-refractivity contribution in [1.29, 1.82) is 0 Å². The highest BCUT2D eigenvalue weighted by Crippen LogP contribution is 2.34. The third kappa shape index (κ3) is 5.51. The summed E-state index contributed by atoms with van der Waals surface area (Å²) < 4.78 is 41.8. The van der Waals surface area contributed by atoms with Crippen LogP contribution in [0.4, 0.5) is 18.9 Å². The lowest BCUT2D eigenvalue weighted by Gasteiger charge is -2.14. The zero-order chi connectivity index (χ0) is 24.3. The molecule has 8 heteroatoms. The van der Waals surface area contributed by atoms with Gasteiger partial charge in [-0.2, -0.15) is 13.2 Å². The van der Waals surface area contributed by atoms with E-state index in [1.165, 1.54) is 6.07 Å². The van der Waals surface area contributed by atoms with Gasteiger partial charge in [-0.3, -0.25) is 9.36 Å². The number of alkyl halides is 3. The molecule has 0 aliphatic heterocycles. The van der Waals surface area contributed by atoms with E-state index >= 15 is 0 Å². The Hall–Kier alpha value is -3.52. The Morgan fingerprint density at radius 3 is 2.26 bits per heavy atom. The molecule has 4 nitrogen and oxygen atoms in total. The number of nitrogens with zero attached hydrogens (tertiary/aromatic N) is 2. The number of nitrogens with one attached hydrogen (secondary N) is 1. The fraction of sp³-hybridized carbons (Fsp3) is 0.154. The molecule has 1 amide bonds. The SMILES string of the molecule is Cc1ccc(NC(=O)CSc2ncc(-c3ccc(C)cc3)n2-c2cccc(C(F)(F)F)c2)cc1. The summed E-state index contributed by atoms with van der Waals surface area (Å²) in [5.74, 6) is -0.179. The lowest BCUT2D eigenvalue weighted by molar-refractivity contribution is -0.137. The number of aryl methyl sites for hydroxylation is 2. The van der Waals surface area contributed by atoms with Gasteiger partial charge in [0.1, 0.15) is 0 Å². The van der Waals surface area contributed by atoms with Crippen LogP contribution in [0, 0.1) is 13.8 Å². The molecule has 0 saturated heterocycles. The summed E-state index contributed by atoms with van der Waals surface area (Å²) in [5, 5.41) is 3.25. The van der Waals surface area contributed by atoms with Gasteiger partial charge in [0.15, 0.2) is 5.16 Å². The van der Waals surface area contributed by atoms with Crippen molar-refractivity contribution >= 4 is 23.4 Å². The van der Waals surface area contributed by atoms with Gasteiger partial charge in [0.2, 0.25) is 5.91 Å². The first-order chi connectivity index (χ1) is 16.2. The molecule has 0 radical (unpaired) electrons. The van der Waals surface area contributed by atoms with Crippen LogP contribution >= 0.6 is 11.8 Å². The summed E-state index contributed by atoms with van der Waals surface area (Å²) in [4.78, 5) is 16.9. The first kappa shape index (κ1) is 23.6. The van der Waals surface area contributed by atoms with E-state index in [1.807, 2.05) is 62.4 Å². The number of thioether (sulfide) groups is 1. The van der Waals surface area contributed by atoms with E-state index in [4.69, 9.17) is 0 Å². The molecular weight excluding hydrogens is 459 g/mol. The van der Waals surface area contributed by atoms with Gasteiger partial charge < -0.3 is 5.32 Å². The standard InChI is InChI=1S/C26H22F3N3OS/c1-17-6-10-19(11-7-17)23-15-30-25(32(23)22-5-3-4-20(14-22)26(27,28)29)34-16-24(33)31-21-12-8-18(2)9-13-21/h3-15H,16H2,1-2H3,(H,31,33). The second kappa shape index (κ2) is 9.77. The molecule has 1 heterocycles. The fourth-order valence-corrected chi connectivity index (χ4v) is 4.19. The van der Waals surface area contributed by atoms with Gasteiger partial charge >= 0.3 is 6.18 Å². The second-order valence-electron chi connectivity index (χ2n) is 7.88. The zero-order valence-electron chi connectivity index (χ0n) is 18.6. The molecule has 0 aliphatic rings. The largest absolute Gasteiger partial charge is 0.416 e. The van der Waals surface area contributed by atoms with Crippen molar-refractivity contribution in [1.82, 2.24) is 9.55 Å². The van der Waals surface area contributed by atoms with Crippen LogP contribution in [0.3, 0.4) is 0 Å². The molecule has 0 saturated carbocycles. The molecule has 0 bridgehead atoms. The average Bonchev–Trinajstić information content (AvgIpc) is 3.23. The lowest BCUT2D eigenvalue weighted by Crippen LogP contribution is -2.14. The molecule has 4 aromatic rings. The predicted octanol–water partition coefficient (Wildman–Crippen LogP) is 6.91. The van der Waals surface area contributed by atoms with Gasteiger partial charge in [-0.05, 0) is 44.2 Å². The number of carbonyl (C=O) groups is 1. The number of aromatic nitrogens is 2. The molecule has 4 rings (SSSR count). The number of hydrogen-bond acceptors (Lipinski definition) is 3. The summed E-state index contributed by atoms with van der Waals surface area (Å²) in [6.07, 6.45) is -2.85. The number of amides is 1. The first-order valence-electron chi connectivity index (χ1n) is 10.5. The topological polar surface area (TPSA) is 46.9 Å². The van der Waals surface area contributed by atoms with Crippen molar-refractivity contribution in [3.8, 4) is 16.9 Å². The predicted molar refractivity (Wildman–Crippen MR) is 129 cm³/mol. The van der Waals surface area contributed by atoms with Crippen molar-refractivity contribution in [2.45, 2.75) is 25.2 Å². The van der Waals surface area contributed by atoms with Crippen molar-refractivity contribution in [2.75, 3.05) is 11.1 Å². The van der Waals surface area contributed by atoms with E-state index < -0.39 is 11.7 Å². The molecule has 0 aliphatic carbocycles. The highest BCUT2D eigenvalue weighted by atomic mass is 32.2. The Labute approximate surface area is 199 Å². The summed E-state index contributed by atoms with van der Waals surface area (Å²) in [6.45, 7) is 3.92. The summed E-state index contributed by atoms with van der Waals surface area (Å²) in [7, 11) is 0. The molecule has 0 atom stereocenters. The van der Waals surface area contributed by atoms with Crippen LogP contribution in [0.25, 0.3) is 16.9 Å². The van der Waals surface area contributed by atoms with Gasteiger partial charge in [-0.1, -0.05) is 65.4 Å². The number of carbonyl (C=O) groups excluding carboxylic acids is 1. The van der Waals surface area contributed by atoms with E-state index in [0.29, 0.717) is 22.2 Å². The van der Waals surface area contributed by atoms with Crippen LogP contribution in [-0.4, -0.2) is 21.2 Å². The smallest absolute Gasteiger partial charge is 0.325 e. The van der Waals surface area contributed by atoms with E-state index in [-0.39, 0.29) is 11.7 Å². The van der Waals surface area contributed by atoms with Gasteiger partial charge in [-0.25, -0.2) is 4.98 Å². The number of benzene rings is 3. The maximum absolute atomic E-state index is 13.4. The number of halogens is 3. The number of anilines is 1. The lowest BCUT2D eigenvalue weighted by atomic mass is 10.1. The van der Waals surface area contributed by atoms with Crippen molar-refractivity contribution in [2.24, 2.45) is 0 Å².